The number of nitrogens with one attached hydrogen (secondary N) is 1. The maximum Gasteiger partial charge on any atom is 0.282 e. The molecule has 2 aromatic carbocycles. The zero-order valence-electron chi connectivity index (χ0n) is 15.3. The van der Waals surface area contributed by atoms with E-state index in [1.807, 2.05) is 19.1 Å². The first-order valence-electron chi connectivity index (χ1n) is 8.43. The van der Waals surface area contributed by atoms with Gasteiger partial charge in [-0.3, -0.25) is 15.1 Å². The number of halogens is 1. The molecule has 0 saturated carbocycles. The van der Waals surface area contributed by atoms with Crippen LogP contribution in [0.15, 0.2) is 64.3 Å². The van der Waals surface area contributed by atoms with Crippen molar-refractivity contribution in [2.24, 2.45) is 15.8 Å². The lowest BCUT2D eigenvalue weighted by molar-refractivity contribution is -0.113. The molecule has 0 bridgehead atoms. The van der Waals surface area contributed by atoms with E-state index in [9.17, 15) is 9.18 Å². The average Bonchev–Trinajstić information content (AvgIpc) is 2.95. The number of nitrogens with zero attached hydrogens (tertiary/aromatic N) is 3. The number of thiocarbonyl (C=S) groups is 1. The van der Waals surface area contributed by atoms with Crippen molar-refractivity contribution >= 4 is 46.5 Å². The van der Waals surface area contributed by atoms with Crippen LogP contribution in [0.1, 0.15) is 25.0 Å². The molecule has 1 aliphatic heterocycles. The number of carbonyl (C=O) groups is 1. The first-order chi connectivity index (χ1) is 13.4. The summed E-state index contributed by atoms with van der Waals surface area (Å²) in [5.41, 5.74) is 10.6. The number of nitrogens with two attached hydrogens (primary N) is 1. The third kappa shape index (κ3) is 4.12. The number of hydrogen-bond donors (Lipinski definition) is 2. The van der Waals surface area contributed by atoms with Crippen LogP contribution in [0.3, 0.4) is 0 Å². The highest BCUT2D eigenvalue weighted by atomic mass is 32.1. The molecule has 0 radical (unpaired) electrons. The predicted molar refractivity (Wildman–Crippen MR) is 114 cm³/mol. The van der Waals surface area contributed by atoms with Crippen LogP contribution in [0.5, 0.6) is 0 Å². The molecule has 3 N–H and O–H groups in total. The Bertz CT molecular complexity index is 1030. The van der Waals surface area contributed by atoms with Crippen molar-refractivity contribution in [2.75, 3.05) is 4.90 Å². The highest BCUT2D eigenvalue weighted by Crippen LogP contribution is 2.26. The molecular weight excluding hydrogens is 377 g/mol. The fourth-order valence-electron chi connectivity index (χ4n) is 2.73. The van der Waals surface area contributed by atoms with Gasteiger partial charge >= 0.3 is 0 Å². The van der Waals surface area contributed by atoms with Crippen LogP contribution in [0.25, 0.3) is 6.08 Å². The van der Waals surface area contributed by atoms with Crippen LogP contribution >= 0.6 is 12.2 Å². The normalized spacial score (nSPS) is 15.8. The second kappa shape index (κ2) is 8.10. The summed E-state index contributed by atoms with van der Waals surface area (Å²) in [6.07, 6.45) is 1.45. The third-order valence-electron chi connectivity index (χ3n) is 4.10. The fraction of sp³-hybridized carbons (Fsp3) is 0.100. The van der Waals surface area contributed by atoms with Gasteiger partial charge < -0.3 is 5.73 Å². The van der Waals surface area contributed by atoms with E-state index in [2.05, 4.69) is 15.5 Å². The Hall–Kier alpha value is -3.39. The van der Waals surface area contributed by atoms with Crippen LogP contribution < -0.4 is 16.1 Å². The van der Waals surface area contributed by atoms with E-state index in [1.165, 1.54) is 17.0 Å². The molecular formula is C20H18FN5OS. The number of rotatable bonds is 4. The summed E-state index contributed by atoms with van der Waals surface area (Å²) in [5, 5.41) is 4.15. The predicted octanol–water partition coefficient (Wildman–Crippen LogP) is 3.19. The summed E-state index contributed by atoms with van der Waals surface area (Å²) in [4.78, 5) is 18.6. The largest absolute Gasteiger partial charge is 0.375 e. The third-order valence-corrected chi connectivity index (χ3v) is 4.19. The molecule has 0 atom stereocenters. The standard InChI is InChI=1S/C20H18FN5OS/c1-12(24-25-20(22)28)14-7-9-16(10-8-14)26-13(2)23-18(19(26)27)11-15-5-3-4-6-17(15)21/h3-11H,1-2H3,(H3,22,25,28)/b18-11+,24-12+. The minimum absolute atomic E-state index is 0.0830. The molecule has 142 valence electrons. The molecule has 1 amide bonds. The highest BCUT2D eigenvalue weighted by molar-refractivity contribution is 7.80. The van der Waals surface area contributed by atoms with E-state index >= 15 is 0 Å². The minimum Gasteiger partial charge on any atom is -0.375 e. The van der Waals surface area contributed by atoms with E-state index in [0.717, 1.165) is 5.56 Å². The number of carbonyl (C=O) groups excluding carboxylic acids is 1. The van der Waals surface area contributed by atoms with Gasteiger partial charge in [-0.2, -0.15) is 5.10 Å². The van der Waals surface area contributed by atoms with Crippen molar-refractivity contribution in [3.63, 3.8) is 0 Å². The van der Waals surface area contributed by atoms with Gasteiger partial charge in [-0.25, -0.2) is 9.38 Å². The molecule has 3 rings (SSSR count). The smallest absolute Gasteiger partial charge is 0.282 e. The Labute approximate surface area is 167 Å². The van der Waals surface area contributed by atoms with E-state index in [0.29, 0.717) is 22.8 Å². The Morgan fingerprint density at radius 2 is 1.93 bits per heavy atom. The molecule has 0 fully saturated rings. The van der Waals surface area contributed by atoms with Crippen LogP contribution in [0, 0.1) is 5.82 Å². The lowest BCUT2D eigenvalue weighted by Crippen LogP contribution is -2.30. The van der Waals surface area contributed by atoms with Gasteiger partial charge in [0.2, 0.25) is 0 Å². The minimum atomic E-state index is -0.404. The lowest BCUT2D eigenvalue weighted by Gasteiger charge is -2.16. The number of amides is 1. The number of anilines is 1. The number of hydrogen-bond acceptors (Lipinski definition) is 4. The molecule has 2 aromatic rings. The second-order valence-electron chi connectivity index (χ2n) is 6.07. The van der Waals surface area contributed by atoms with Gasteiger partial charge in [-0.15, -0.1) is 0 Å². The molecule has 6 nitrogen and oxygen atoms in total. The molecule has 0 aromatic heterocycles. The van der Waals surface area contributed by atoms with Crippen molar-refractivity contribution in [1.82, 2.24) is 5.43 Å². The quantitative estimate of drug-likeness (QED) is 0.360. The molecule has 0 unspecified atom stereocenters. The lowest BCUT2D eigenvalue weighted by atomic mass is 10.1. The van der Waals surface area contributed by atoms with Crippen LogP contribution in [-0.2, 0) is 4.79 Å². The number of benzene rings is 2. The Morgan fingerprint density at radius 1 is 1.25 bits per heavy atom. The second-order valence-corrected chi connectivity index (χ2v) is 6.51. The van der Waals surface area contributed by atoms with Gasteiger partial charge in [-0.1, -0.05) is 30.3 Å². The fourth-order valence-corrected chi connectivity index (χ4v) is 2.77. The zero-order valence-corrected chi connectivity index (χ0v) is 16.1. The SMILES string of the molecule is CC1=N/C(=C/c2ccccc2F)C(=O)N1c1ccc(/C(C)=N/NC(N)=S)cc1. The van der Waals surface area contributed by atoms with E-state index in [1.54, 1.807) is 37.3 Å². The van der Waals surface area contributed by atoms with Gasteiger partial charge in [0, 0.05) is 5.56 Å². The maximum atomic E-state index is 13.9. The number of hydrazone groups is 1. The van der Waals surface area contributed by atoms with Gasteiger partial charge in [0.05, 0.1) is 11.4 Å². The first-order valence-corrected chi connectivity index (χ1v) is 8.84. The van der Waals surface area contributed by atoms with Crippen molar-refractivity contribution in [1.29, 1.82) is 0 Å². The summed E-state index contributed by atoms with van der Waals surface area (Å²) < 4.78 is 13.9. The van der Waals surface area contributed by atoms with Gasteiger partial charge in [0.25, 0.3) is 5.91 Å². The summed E-state index contributed by atoms with van der Waals surface area (Å²) in [5.74, 6) is -0.200. The Balaban J connectivity index is 1.84. The van der Waals surface area contributed by atoms with Crippen molar-refractivity contribution < 1.29 is 9.18 Å². The van der Waals surface area contributed by atoms with Crippen LogP contribution in [0.2, 0.25) is 0 Å². The average molecular weight is 395 g/mol. The molecule has 0 saturated heterocycles. The Kier molecular flexibility index (Phi) is 5.60. The van der Waals surface area contributed by atoms with Crippen molar-refractivity contribution in [2.45, 2.75) is 13.8 Å². The van der Waals surface area contributed by atoms with Crippen molar-refractivity contribution in [3.05, 3.63) is 71.2 Å². The molecule has 1 aliphatic rings. The Morgan fingerprint density at radius 3 is 2.57 bits per heavy atom. The van der Waals surface area contributed by atoms with Gasteiger partial charge in [0.1, 0.15) is 17.3 Å². The van der Waals surface area contributed by atoms with E-state index < -0.39 is 5.82 Å². The monoisotopic (exact) mass is 395 g/mol. The van der Waals surface area contributed by atoms with E-state index in [4.69, 9.17) is 18.0 Å². The number of amidine groups is 1. The molecule has 0 spiro atoms. The molecule has 1 heterocycles. The highest BCUT2D eigenvalue weighted by Gasteiger charge is 2.29. The summed E-state index contributed by atoms with van der Waals surface area (Å²) in [6, 6.07) is 13.5. The van der Waals surface area contributed by atoms with Crippen molar-refractivity contribution in [3.8, 4) is 0 Å². The maximum absolute atomic E-state index is 13.9. The molecule has 28 heavy (non-hydrogen) atoms. The van der Waals surface area contributed by atoms with Gasteiger partial charge in [0.15, 0.2) is 5.11 Å². The first kappa shape index (κ1) is 19.4. The summed E-state index contributed by atoms with van der Waals surface area (Å²) in [6.45, 7) is 3.54. The van der Waals surface area contributed by atoms with Crippen LogP contribution in [0.4, 0.5) is 10.1 Å². The van der Waals surface area contributed by atoms with Crippen LogP contribution in [-0.4, -0.2) is 22.6 Å². The number of aliphatic imine (C=N–C) groups is 1. The van der Waals surface area contributed by atoms with E-state index in [-0.39, 0.29) is 16.7 Å². The van der Waals surface area contributed by atoms with Gasteiger partial charge in [-0.05, 0) is 55.9 Å². The zero-order chi connectivity index (χ0) is 20.3. The summed E-state index contributed by atoms with van der Waals surface area (Å²) >= 11 is 4.72. The molecule has 0 aliphatic carbocycles. The summed E-state index contributed by atoms with van der Waals surface area (Å²) in [7, 11) is 0. The topological polar surface area (TPSA) is 83.1 Å². The molecule has 8 heteroatoms.